The summed E-state index contributed by atoms with van der Waals surface area (Å²) >= 11 is 0. The number of carbonyl (C=O) groups is 1. The lowest BCUT2D eigenvalue weighted by Gasteiger charge is -2.21. The highest BCUT2D eigenvalue weighted by molar-refractivity contribution is 7.91. The number of nitrogens with two attached hydrogens (primary N) is 1. The van der Waals surface area contributed by atoms with Crippen molar-refractivity contribution >= 4 is 28.2 Å². The second kappa shape index (κ2) is 7.86. The molecule has 26 heavy (non-hydrogen) atoms. The quantitative estimate of drug-likeness (QED) is 0.821. The molecule has 0 aromatic carbocycles. The lowest BCUT2D eigenvalue weighted by atomic mass is 10.1. The number of rotatable bonds is 4. The fraction of sp³-hybridized carbons (Fsp3) is 0.765. The molecule has 7 nitrogen and oxygen atoms in total. The maximum absolute atomic E-state index is 13.1. The van der Waals surface area contributed by atoms with Crippen molar-refractivity contribution in [1.82, 2.24) is 14.7 Å². The molecule has 3 heterocycles. The van der Waals surface area contributed by atoms with Crippen LogP contribution in [-0.2, 0) is 9.84 Å². The van der Waals surface area contributed by atoms with Gasteiger partial charge in [0.25, 0.3) is 5.91 Å². The minimum Gasteiger partial charge on any atom is -0.335 e. The Bertz CT molecular complexity index is 762. The molecule has 0 aliphatic carbocycles. The van der Waals surface area contributed by atoms with Crippen LogP contribution in [0, 0.1) is 5.92 Å². The predicted molar refractivity (Wildman–Crippen MR) is 104 cm³/mol. The number of amides is 1. The molecule has 1 aromatic heterocycles. The molecule has 2 aliphatic rings. The number of sulfone groups is 1. The van der Waals surface area contributed by atoms with Crippen LogP contribution in [-0.4, -0.2) is 59.6 Å². The fourth-order valence-corrected chi connectivity index (χ4v) is 5.62. The Kier molecular flexibility index (Phi) is 6.40. The Labute approximate surface area is 161 Å². The van der Waals surface area contributed by atoms with Crippen molar-refractivity contribution in [3.63, 3.8) is 0 Å². The molecule has 2 saturated heterocycles. The third-order valence-corrected chi connectivity index (χ3v) is 7.13. The van der Waals surface area contributed by atoms with E-state index >= 15 is 0 Å². The first-order valence-corrected chi connectivity index (χ1v) is 10.8. The molecule has 0 saturated carbocycles. The average molecular weight is 405 g/mol. The second-order valence-corrected chi connectivity index (χ2v) is 9.99. The van der Waals surface area contributed by atoms with E-state index in [-0.39, 0.29) is 47.8 Å². The maximum Gasteiger partial charge on any atom is 0.257 e. The summed E-state index contributed by atoms with van der Waals surface area (Å²) in [6, 6.07) is -0.00638. The molecule has 2 aliphatic heterocycles. The van der Waals surface area contributed by atoms with E-state index in [4.69, 9.17) is 5.73 Å². The van der Waals surface area contributed by atoms with Crippen molar-refractivity contribution in [2.24, 2.45) is 11.7 Å². The van der Waals surface area contributed by atoms with Gasteiger partial charge in [0.1, 0.15) is 0 Å². The molecular formula is C17H29ClN4O3S. The van der Waals surface area contributed by atoms with Gasteiger partial charge in [-0.25, -0.2) is 8.42 Å². The van der Waals surface area contributed by atoms with Gasteiger partial charge in [-0.2, -0.15) is 5.10 Å². The highest BCUT2D eigenvalue weighted by atomic mass is 35.5. The number of hydrogen-bond acceptors (Lipinski definition) is 5. The predicted octanol–water partition coefficient (Wildman–Crippen LogP) is 1.60. The smallest absolute Gasteiger partial charge is 0.257 e. The number of hydrogen-bond donors (Lipinski definition) is 1. The van der Waals surface area contributed by atoms with E-state index in [1.165, 1.54) is 0 Å². The van der Waals surface area contributed by atoms with Crippen LogP contribution in [0.25, 0.3) is 0 Å². The highest BCUT2D eigenvalue weighted by Crippen LogP contribution is 2.29. The summed E-state index contributed by atoms with van der Waals surface area (Å²) in [6.45, 7) is 7.33. The van der Waals surface area contributed by atoms with Crippen molar-refractivity contribution < 1.29 is 13.2 Å². The summed E-state index contributed by atoms with van der Waals surface area (Å²) in [4.78, 5) is 15.0. The normalized spacial score (nSPS) is 27.7. The Morgan fingerprint density at radius 3 is 2.62 bits per heavy atom. The minimum absolute atomic E-state index is 0. The van der Waals surface area contributed by atoms with E-state index < -0.39 is 9.84 Å². The van der Waals surface area contributed by atoms with Gasteiger partial charge in [-0.15, -0.1) is 12.4 Å². The summed E-state index contributed by atoms with van der Waals surface area (Å²) in [5.74, 6) is 0.728. The first kappa shape index (κ1) is 21.2. The lowest BCUT2D eigenvalue weighted by Crippen LogP contribution is -2.34. The van der Waals surface area contributed by atoms with E-state index in [1.807, 2.05) is 18.7 Å². The van der Waals surface area contributed by atoms with Crippen molar-refractivity contribution in [3.05, 3.63) is 17.5 Å². The Hall–Kier alpha value is -1.12. The molecule has 2 fully saturated rings. The molecule has 1 aromatic rings. The Balaban J connectivity index is 0.00000243. The summed E-state index contributed by atoms with van der Waals surface area (Å²) in [5, 5.41) is 4.59. The van der Waals surface area contributed by atoms with Gasteiger partial charge in [0.2, 0.25) is 0 Å². The van der Waals surface area contributed by atoms with Crippen LogP contribution in [0.15, 0.2) is 6.20 Å². The van der Waals surface area contributed by atoms with Gasteiger partial charge in [-0.1, -0.05) is 13.8 Å². The van der Waals surface area contributed by atoms with Gasteiger partial charge in [0.15, 0.2) is 9.84 Å². The van der Waals surface area contributed by atoms with E-state index in [0.29, 0.717) is 31.0 Å². The summed E-state index contributed by atoms with van der Waals surface area (Å²) in [7, 11) is -2.99. The van der Waals surface area contributed by atoms with Gasteiger partial charge in [-0.3, -0.25) is 9.48 Å². The average Bonchev–Trinajstić information content (AvgIpc) is 3.22. The van der Waals surface area contributed by atoms with Gasteiger partial charge in [-0.05, 0) is 38.1 Å². The van der Waals surface area contributed by atoms with Gasteiger partial charge in [0.05, 0.1) is 28.8 Å². The topological polar surface area (TPSA) is 98.3 Å². The van der Waals surface area contributed by atoms with E-state index in [1.54, 1.807) is 10.9 Å². The monoisotopic (exact) mass is 404 g/mol. The van der Waals surface area contributed by atoms with Crippen molar-refractivity contribution in [2.45, 2.75) is 51.6 Å². The van der Waals surface area contributed by atoms with E-state index in [9.17, 15) is 13.2 Å². The first-order chi connectivity index (χ1) is 11.7. The molecule has 9 heteroatoms. The van der Waals surface area contributed by atoms with E-state index in [0.717, 1.165) is 12.1 Å². The lowest BCUT2D eigenvalue weighted by molar-refractivity contribution is 0.0742. The molecule has 0 spiro atoms. The molecule has 3 unspecified atom stereocenters. The zero-order chi connectivity index (χ0) is 18.4. The minimum atomic E-state index is -2.99. The third kappa shape index (κ3) is 4.07. The second-order valence-electron chi connectivity index (χ2n) is 7.76. The maximum atomic E-state index is 13.1. The van der Waals surface area contributed by atoms with Crippen molar-refractivity contribution in [3.8, 4) is 0 Å². The standard InChI is InChI=1S/C17H28N4O3S.ClH/c1-11(2)16-15(17(22)20-8-13(7-18)6-12(20)3)9-21(19-16)14-4-5-25(23,24)10-14;/h9,11-14H,4-8,10,18H2,1-3H3;1H. The van der Waals surface area contributed by atoms with E-state index in [2.05, 4.69) is 12.0 Å². The molecule has 1 amide bonds. The van der Waals surface area contributed by atoms with Crippen molar-refractivity contribution in [1.29, 1.82) is 0 Å². The van der Waals surface area contributed by atoms with Crippen LogP contribution in [0.2, 0.25) is 0 Å². The fourth-order valence-electron chi connectivity index (χ4n) is 3.92. The van der Waals surface area contributed by atoms with Crippen LogP contribution in [0.4, 0.5) is 0 Å². The Morgan fingerprint density at radius 1 is 1.42 bits per heavy atom. The van der Waals surface area contributed by atoms with Crippen LogP contribution >= 0.6 is 12.4 Å². The summed E-state index contributed by atoms with van der Waals surface area (Å²) in [6.07, 6.45) is 3.24. The number of carbonyl (C=O) groups excluding carboxylic acids is 1. The van der Waals surface area contributed by atoms with Crippen molar-refractivity contribution in [2.75, 3.05) is 24.6 Å². The molecule has 0 radical (unpaired) electrons. The van der Waals surface area contributed by atoms with Crippen LogP contribution in [0.3, 0.4) is 0 Å². The van der Waals surface area contributed by atoms with Gasteiger partial charge >= 0.3 is 0 Å². The van der Waals surface area contributed by atoms with Gasteiger partial charge < -0.3 is 10.6 Å². The molecule has 3 rings (SSSR count). The zero-order valence-electron chi connectivity index (χ0n) is 15.6. The zero-order valence-corrected chi connectivity index (χ0v) is 17.2. The molecular weight excluding hydrogens is 376 g/mol. The molecule has 0 bridgehead atoms. The number of halogens is 1. The van der Waals surface area contributed by atoms with Crippen LogP contribution in [0.1, 0.15) is 61.6 Å². The largest absolute Gasteiger partial charge is 0.335 e. The highest BCUT2D eigenvalue weighted by Gasteiger charge is 2.36. The summed E-state index contributed by atoms with van der Waals surface area (Å²) < 4.78 is 25.2. The SMILES string of the molecule is CC(C)c1nn(C2CCS(=O)(=O)C2)cc1C(=O)N1CC(CN)CC1C.Cl. The molecule has 3 atom stereocenters. The molecule has 148 valence electrons. The number of likely N-dealkylation sites (tertiary alicyclic amines) is 1. The van der Waals surface area contributed by atoms with Crippen LogP contribution < -0.4 is 5.73 Å². The van der Waals surface area contributed by atoms with Crippen LogP contribution in [0.5, 0.6) is 0 Å². The Morgan fingerprint density at radius 2 is 2.12 bits per heavy atom. The molecule has 2 N–H and O–H groups in total. The first-order valence-electron chi connectivity index (χ1n) is 9.02. The summed E-state index contributed by atoms with van der Waals surface area (Å²) in [5.41, 5.74) is 7.12. The third-order valence-electron chi connectivity index (χ3n) is 5.38. The van der Waals surface area contributed by atoms with Gasteiger partial charge in [0, 0.05) is 18.8 Å². The number of aromatic nitrogens is 2. The number of nitrogens with zero attached hydrogens (tertiary/aromatic N) is 3.